The van der Waals surface area contributed by atoms with Crippen LogP contribution >= 0.6 is 23.2 Å². The lowest BCUT2D eigenvalue weighted by molar-refractivity contribution is 0.264. The predicted molar refractivity (Wildman–Crippen MR) is 57.0 cm³/mol. The number of halogens is 2. The largest absolute Gasteiger partial charge is 0.495 e. The minimum absolute atomic E-state index is 0.187. The van der Waals surface area contributed by atoms with Crippen molar-refractivity contribution in [1.29, 1.82) is 0 Å². The van der Waals surface area contributed by atoms with E-state index in [1.807, 2.05) is 0 Å². The first kappa shape index (κ1) is 11.6. The van der Waals surface area contributed by atoms with Gasteiger partial charge in [0.05, 0.1) is 24.8 Å². The van der Waals surface area contributed by atoms with Crippen molar-refractivity contribution in [3.8, 4) is 5.75 Å². The van der Waals surface area contributed by atoms with Gasteiger partial charge in [0.2, 0.25) is 0 Å². The second-order valence-corrected chi connectivity index (χ2v) is 3.64. The van der Waals surface area contributed by atoms with E-state index in [0.29, 0.717) is 21.4 Å². The van der Waals surface area contributed by atoms with Crippen LogP contribution in [0.2, 0.25) is 10.0 Å². The minimum atomic E-state index is -0.541. The molecule has 0 saturated carbocycles. The molecule has 0 heterocycles. The van der Waals surface area contributed by atoms with Crippen LogP contribution < -0.4 is 10.5 Å². The highest BCUT2D eigenvalue weighted by molar-refractivity contribution is 6.35. The third kappa shape index (κ3) is 2.30. The molecular weight excluding hydrogens is 225 g/mol. The average molecular weight is 236 g/mol. The molecule has 3 nitrogen and oxygen atoms in total. The topological polar surface area (TPSA) is 55.5 Å². The van der Waals surface area contributed by atoms with E-state index < -0.39 is 6.04 Å². The molecule has 0 aliphatic rings. The van der Waals surface area contributed by atoms with Crippen molar-refractivity contribution >= 4 is 23.2 Å². The molecule has 0 fully saturated rings. The Morgan fingerprint density at radius 2 is 2.14 bits per heavy atom. The van der Waals surface area contributed by atoms with Crippen molar-refractivity contribution < 1.29 is 9.84 Å². The Balaban J connectivity index is 3.24. The van der Waals surface area contributed by atoms with Gasteiger partial charge in [0.25, 0.3) is 0 Å². The van der Waals surface area contributed by atoms with Crippen molar-refractivity contribution in [2.24, 2.45) is 5.73 Å². The number of hydrogen-bond acceptors (Lipinski definition) is 3. The maximum absolute atomic E-state index is 8.92. The fraction of sp³-hybridized carbons (Fsp3) is 0.333. The second-order valence-electron chi connectivity index (χ2n) is 2.80. The molecule has 1 atom stereocenters. The van der Waals surface area contributed by atoms with Crippen molar-refractivity contribution in [2.45, 2.75) is 6.04 Å². The molecule has 0 radical (unpaired) electrons. The van der Waals surface area contributed by atoms with Crippen LogP contribution in [-0.4, -0.2) is 18.8 Å². The van der Waals surface area contributed by atoms with Crippen molar-refractivity contribution in [1.82, 2.24) is 0 Å². The van der Waals surface area contributed by atoms with Crippen molar-refractivity contribution in [2.75, 3.05) is 13.7 Å². The van der Waals surface area contributed by atoms with Gasteiger partial charge >= 0.3 is 0 Å². The molecule has 0 aliphatic carbocycles. The van der Waals surface area contributed by atoms with E-state index in [1.54, 1.807) is 12.1 Å². The third-order valence-corrected chi connectivity index (χ3v) is 2.34. The molecule has 0 spiro atoms. The zero-order chi connectivity index (χ0) is 10.7. The molecule has 1 aromatic carbocycles. The molecule has 78 valence electrons. The van der Waals surface area contributed by atoms with Crippen LogP contribution in [-0.2, 0) is 0 Å². The van der Waals surface area contributed by atoms with Gasteiger partial charge in [-0.05, 0) is 12.1 Å². The van der Waals surface area contributed by atoms with Crippen LogP contribution in [0.5, 0.6) is 5.75 Å². The summed E-state index contributed by atoms with van der Waals surface area (Å²) in [6.45, 7) is -0.187. The summed E-state index contributed by atoms with van der Waals surface area (Å²) in [4.78, 5) is 0. The van der Waals surface area contributed by atoms with E-state index in [4.69, 9.17) is 38.8 Å². The smallest absolute Gasteiger partial charge is 0.142 e. The molecule has 14 heavy (non-hydrogen) atoms. The van der Waals surface area contributed by atoms with Gasteiger partial charge in [-0.25, -0.2) is 0 Å². The zero-order valence-corrected chi connectivity index (χ0v) is 9.14. The molecule has 0 saturated heterocycles. The lowest BCUT2D eigenvalue weighted by atomic mass is 10.1. The summed E-state index contributed by atoms with van der Waals surface area (Å²) in [5.74, 6) is 0.456. The van der Waals surface area contributed by atoms with Gasteiger partial charge in [-0.15, -0.1) is 0 Å². The van der Waals surface area contributed by atoms with Crippen LogP contribution in [0.4, 0.5) is 0 Å². The molecule has 0 bridgehead atoms. The van der Waals surface area contributed by atoms with Crippen LogP contribution in [0.1, 0.15) is 11.6 Å². The molecule has 5 heteroatoms. The zero-order valence-electron chi connectivity index (χ0n) is 7.63. The molecular formula is C9H11Cl2NO2. The molecule has 3 N–H and O–H groups in total. The van der Waals surface area contributed by atoms with Gasteiger partial charge in [0.1, 0.15) is 5.75 Å². The first-order valence-corrected chi connectivity index (χ1v) is 4.75. The van der Waals surface area contributed by atoms with Gasteiger partial charge in [0.15, 0.2) is 0 Å². The first-order valence-electron chi connectivity index (χ1n) is 3.99. The lowest BCUT2D eigenvalue weighted by Gasteiger charge is -2.15. The van der Waals surface area contributed by atoms with Crippen molar-refractivity contribution in [3.05, 3.63) is 27.7 Å². The Hall–Kier alpha value is -0.480. The lowest BCUT2D eigenvalue weighted by Crippen LogP contribution is -2.15. The summed E-state index contributed by atoms with van der Waals surface area (Å²) in [6, 6.07) is 2.66. The molecule has 1 aromatic rings. The summed E-state index contributed by atoms with van der Waals surface area (Å²) < 4.78 is 5.07. The Morgan fingerprint density at radius 1 is 1.50 bits per heavy atom. The van der Waals surface area contributed by atoms with Gasteiger partial charge < -0.3 is 15.6 Å². The molecule has 0 aromatic heterocycles. The SMILES string of the molecule is COc1c(Cl)cc(Cl)cc1[C@@H](N)CO. The highest BCUT2D eigenvalue weighted by atomic mass is 35.5. The van der Waals surface area contributed by atoms with E-state index in [2.05, 4.69) is 0 Å². The van der Waals surface area contributed by atoms with Crippen LogP contribution in [0.3, 0.4) is 0 Å². The minimum Gasteiger partial charge on any atom is -0.495 e. The maximum Gasteiger partial charge on any atom is 0.142 e. The number of benzene rings is 1. The van der Waals surface area contributed by atoms with Crippen LogP contribution in [0.15, 0.2) is 12.1 Å². The van der Waals surface area contributed by atoms with E-state index in [-0.39, 0.29) is 6.61 Å². The number of rotatable bonds is 3. The quantitative estimate of drug-likeness (QED) is 0.843. The van der Waals surface area contributed by atoms with Gasteiger partial charge in [-0.3, -0.25) is 0 Å². The Kier molecular flexibility index (Phi) is 4.01. The summed E-state index contributed by atoms with van der Waals surface area (Å²) >= 11 is 11.7. The Bertz CT molecular complexity index is 331. The van der Waals surface area contributed by atoms with Gasteiger partial charge in [0, 0.05) is 10.6 Å². The highest BCUT2D eigenvalue weighted by Gasteiger charge is 2.15. The highest BCUT2D eigenvalue weighted by Crippen LogP contribution is 2.34. The predicted octanol–water partition coefficient (Wildman–Crippen LogP) is 1.99. The normalized spacial score (nSPS) is 12.6. The number of aliphatic hydroxyl groups is 1. The number of methoxy groups -OCH3 is 1. The fourth-order valence-corrected chi connectivity index (χ4v) is 1.76. The molecule has 0 aliphatic heterocycles. The summed E-state index contributed by atoms with van der Waals surface area (Å²) in [7, 11) is 1.49. The van der Waals surface area contributed by atoms with Crippen molar-refractivity contribution in [3.63, 3.8) is 0 Å². The summed E-state index contributed by atoms with van der Waals surface area (Å²) in [5.41, 5.74) is 6.27. The molecule has 1 rings (SSSR count). The van der Waals surface area contributed by atoms with Gasteiger partial charge in [-0.1, -0.05) is 23.2 Å². The maximum atomic E-state index is 8.92. The van der Waals surface area contributed by atoms with Gasteiger partial charge in [-0.2, -0.15) is 0 Å². The average Bonchev–Trinajstić information content (AvgIpc) is 2.15. The Morgan fingerprint density at radius 3 is 2.64 bits per heavy atom. The molecule has 0 unspecified atom stereocenters. The number of aliphatic hydroxyl groups excluding tert-OH is 1. The number of ether oxygens (including phenoxy) is 1. The van der Waals surface area contributed by atoms with Crippen LogP contribution in [0.25, 0.3) is 0 Å². The van der Waals surface area contributed by atoms with Crippen LogP contribution in [0, 0.1) is 0 Å². The fourth-order valence-electron chi connectivity index (χ4n) is 1.17. The first-order chi connectivity index (χ1) is 6.60. The third-order valence-electron chi connectivity index (χ3n) is 1.84. The molecule has 0 amide bonds. The standard InChI is InChI=1S/C9H11Cl2NO2/c1-14-9-6(8(12)4-13)2-5(10)3-7(9)11/h2-3,8,13H,4,12H2,1H3/t8-/m0/s1. The summed E-state index contributed by atoms with van der Waals surface area (Å²) in [6.07, 6.45) is 0. The summed E-state index contributed by atoms with van der Waals surface area (Å²) in [5, 5.41) is 9.78. The number of hydrogen-bond donors (Lipinski definition) is 2. The second kappa shape index (κ2) is 4.84. The van der Waals surface area contributed by atoms with E-state index >= 15 is 0 Å². The van der Waals surface area contributed by atoms with E-state index in [0.717, 1.165) is 0 Å². The van der Waals surface area contributed by atoms with E-state index in [9.17, 15) is 0 Å². The Labute approximate surface area is 92.4 Å². The number of nitrogens with two attached hydrogens (primary N) is 1. The van der Waals surface area contributed by atoms with E-state index in [1.165, 1.54) is 7.11 Å². The monoisotopic (exact) mass is 235 g/mol.